The molecular weight excluding hydrogens is 279 g/mol. The zero-order valence-electron chi connectivity index (χ0n) is 9.90. The molecule has 0 heterocycles. The lowest BCUT2D eigenvalue weighted by molar-refractivity contribution is 0.347. The Morgan fingerprint density at radius 3 is 1.94 bits per heavy atom. The zero-order valence-corrected chi connectivity index (χ0v) is 12.5. The Kier molecular flexibility index (Phi) is 5.02. The van der Waals surface area contributed by atoms with E-state index in [1.54, 1.807) is 0 Å². The minimum absolute atomic E-state index is 0.536. The highest BCUT2D eigenvalue weighted by Crippen LogP contribution is 2.55. The maximum atomic E-state index is 5.81. The second kappa shape index (κ2) is 6.53. The molecule has 2 rings (SSSR count). The number of rotatable bonds is 5. The average Bonchev–Trinajstić information content (AvgIpc) is 2.38. The Morgan fingerprint density at radius 2 is 1.39 bits per heavy atom. The van der Waals surface area contributed by atoms with Crippen LogP contribution in [0.3, 0.4) is 0 Å². The van der Waals surface area contributed by atoms with Gasteiger partial charge in [0.15, 0.2) is 0 Å². The molecule has 0 aliphatic carbocycles. The van der Waals surface area contributed by atoms with Gasteiger partial charge in [-0.05, 0) is 11.1 Å². The molecule has 0 aromatic heterocycles. The van der Waals surface area contributed by atoms with Crippen LogP contribution >= 0.6 is 17.7 Å². The first-order chi connectivity index (χ1) is 8.66. The molecule has 1 atom stereocenters. The molecule has 0 bridgehead atoms. The second-order valence-corrected chi connectivity index (χ2v) is 10.4. The molecule has 94 valence electrons. The molecule has 1 nitrogen and oxygen atoms in total. The van der Waals surface area contributed by atoms with Gasteiger partial charge in [-0.25, -0.2) is 0 Å². The predicted octanol–water partition coefficient (Wildman–Crippen LogP) is 4.64. The van der Waals surface area contributed by atoms with Gasteiger partial charge >= 0.3 is 0 Å². The van der Waals surface area contributed by atoms with Crippen molar-refractivity contribution in [3.8, 4) is 0 Å². The quantitative estimate of drug-likeness (QED) is 0.635. The van der Waals surface area contributed by atoms with Gasteiger partial charge < -0.3 is 4.52 Å². The summed E-state index contributed by atoms with van der Waals surface area (Å²) in [7, 11) is 0. The fourth-order valence-electron chi connectivity index (χ4n) is 1.61. The van der Waals surface area contributed by atoms with E-state index in [9.17, 15) is 0 Å². The van der Waals surface area contributed by atoms with Crippen LogP contribution in [0.4, 0.5) is 0 Å². The van der Waals surface area contributed by atoms with E-state index >= 15 is 0 Å². The third-order valence-electron chi connectivity index (χ3n) is 2.50. The lowest BCUT2D eigenvalue weighted by Gasteiger charge is -2.16. The van der Waals surface area contributed by atoms with Gasteiger partial charge in [0.1, 0.15) is 5.47 Å². The zero-order chi connectivity index (χ0) is 12.8. The molecule has 0 aliphatic rings. The number of benzene rings is 2. The van der Waals surface area contributed by atoms with Crippen LogP contribution in [-0.4, -0.2) is 0 Å². The van der Waals surface area contributed by atoms with Crippen molar-refractivity contribution in [1.29, 1.82) is 0 Å². The maximum absolute atomic E-state index is 5.81. The van der Waals surface area contributed by atoms with Crippen LogP contribution in [0.15, 0.2) is 60.7 Å². The Bertz CT molecular complexity index is 528. The molecule has 0 N–H and O–H groups in total. The largest absolute Gasteiger partial charge is 0.337 e. The van der Waals surface area contributed by atoms with Crippen LogP contribution < -0.4 is 0 Å². The van der Waals surface area contributed by atoms with Gasteiger partial charge in [0.05, 0.1) is 6.61 Å². The summed E-state index contributed by atoms with van der Waals surface area (Å²) in [6.45, 7) is 0.536. The van der Waals surface area contributed by atoms with Crippen molar-refractivity contribution in [3.05, 3.63) is 71.8 Å². The van der Waals surface area contributed by atoms with Crippen LogP contribution in [0.25, 0.3) is 0 Å². The monoisotopic (exact) mass is 294 g/mol. The van der Waals surface area contributed by atoms with Crippen LogP contribution in [0, 0.1) is 0 Å². The van der Waals surface area contributed by atoms with Crippen molar-refractivity contribution in [1.82, 2.24) is 0 Å². The molecule has 1 unspecified atom stereocenters. The smallest absolute Gasteiger partial charge is 0.121 e. The summed E-state index contributed by atoms with van der Waals surface area (Å²) in [6, 6.07) is 20.2. The summed E-state index contributed by atoms with van der Waals surface area (Å²) in [5, 5.41) is 0. The summed E-state index contributed by atoms with van der Waals surface area (Å²) in [4.78, 5) is 0. The standard InChI is InChI=1S/C14H15OPS2/c17-16(18,12-14-9-5-2-6-10-14)15-11-13-7-3-1-4-8-13/h1-10H,11-12H2,(H,17,18). The first-order valence-electron chi connectivity index (χ1n) is 5.70. The first-order valence-corrected chi connectivity index (χ1v) is 9.76. The molecule has 0 amide bonds. The van der Waals surface area contributed by atoms with Gasteiger partial charge in [0.25, 0.3) is 0 Å². The molecule has 0 fully saturated rings. The van der Waals surface area contributed by atoms with E-state index in [2.05, 4.69) is 24.4 Å². The highest BCUT2D eigenvalue weighted by Gasteiger charge is 2.13. The van der Waals surface area contributed by atoms with Gasteiger partial charge in [0, 0.05) is 6.16 Å². The molecular formula is C14H15OPS2. The number of thiol groups is 1. The van der Waals surface area contributed by atoms with E-state index in [0.717, 1.165) is 11.7 Å². The maximum Gasteiger partial charge on any atom is 0.121 e. The third kappa shape index (κ3) is 4.58. The Hall–Kier alpha value is -0.600. The lowest BCUT2D eigenvalue weighted by atomic mass is 10.2. The highest BCUT2D eigenvalue weighted by molar-refractivity contribution is 8.61. The highest BCUT2D eigenvalue weighted by atomic mass is 32.9. The molecule has 0 saturated heterocycles. The van der Waals surface area contributed by atoms with Gasteiger partial charge in [-0.2, -0.15) is 0 Å². The Morgan fingerprint density at radius 1 is 0.889 bits per heavy atom. The van der Waals surface area contributed by atoms with Crippen LogP contribution in [0.1, 0.15) is 11.1 Å². The molecule has 2 aromatic carbocycles. The van der Waals surface area contributed by atoms with Crippen LogP contribution in [0.2, 0.25) is 0 Å². The summed E-state index contributed by atoms with van der Waals surface area (Å²) < 4.78 is 5.81. The summed E-state index contributed by atoms with van der Waals surface area (Å²) in [5.41, 5.74) is 0.265. The number of hydrogen-bond acceptors (Lipinski definition) is 2. The molecule has 4 heteroatoms. The van der Waals surface area contributed by atoms with Crippen molar-refractivity contribution in [3.63, 3.8) is 0 Å². The fraction of sp³-hybridized carbons (Fsp3) is 0.143. The predicted molar refractivity (Wildman–Crippen MR) is 84.6 cm³/mol. The molecule has 0 saturated carbocycles. The van der Waals surface area contributed by atoms with E-state index < -0.39 is 5.47 Å². The Balaban J connectivity index is 1.94. The minimum atomic E-state index is -2.05. The van der Waals surface area contributed by atoms with E-state index in [1.165, 1.54) is 5.56 Å². The minimum Gasteiger partial charge on any atom is -0.337 e. The van der Waals surface area contributed by atoms with Crippen molar-refractivity contribution >= 4 is 29.5 Å². The van der Waals surface area contributed by atoms with Crippen molar-refractivity contribution in [2.45, 2.75) is 12.8 Å². The molecule has 2 aromatic rings. The summed E-state index contributed by atoms with van der Waals surface area (Å²) >= 11 is 10.0. The SMILES string of the molecule is S=P(S)(Cc1ccccc1)OCc1ccccc1. The topological polar surface area (TPSA) is 9.23 Å². The molecule has 0 radical (unpaired) electrons. The first kappa shape index (κ1) is 13.8. The van der Waals surface area contributed by atoms with E-state index in [-0.39, 0.29) is 0 Å². The molecule has 18 heavy (non-hydrogen) atoms. The van der Waals surface area contributed by atoms with Gasteiger partial charge in [-0.15, -0.1) is 12.2 Å². The van der Waals surface area contributed by atoms with E-state index in [4.69, 9.17) is 16.3 Å². The third-order valence-corrected chi connectivity index (χ3v) is 5.27. The van der Waals surface area contributed by atoms with Crippen molar-refractivity contribution in [2.24, 2.45) is 0 Å². The lowest BCUT2D eigenvalue weighted by Crippen LogP contribution is -1.91. The van der Waals surface area contributed by atoms with E-state index in [0.29, 0.717) is 6.61 Å². The van der Waals surface area contributed by atoms with Crippen LogP contribution in [0.5, 0.6) is 0 Å². The normalized spacial score (nSPS) is 14.1. The van der Waals surface area contributed by atoms with Gasteiger partial charge in [-0.1, -0.05) is 72.5 Å². The Labute approximate surface area is 118 Å². The van der Waals surface area contributed by atoms with Crippen molar-refractivity contribution < 1.29 is 4.52 Å². The summed E-state index contributed by atoms with van der Waals surface area (Å²) in [5.74, 6) is 0. The van der Waals surface area contributed by atoms with Crippen LogP contribution in [-0.2, 0) is 29.1 Å². The van der Waals surface area contributed by atoms with Gasteiger partial charge in [-0.3, -0.25) is 0 Å². The van der Waals surface area contributed by atoms with Gasteiger partial charge in [0.2, 0.25) is 0 Å². The van der Waals surface area contributed by atoms with E-state index in [1.807, 2.05) is 48.5 Å². The fourth-order valence-corrected chi connectivity index (χ4v) is 3.99. The number of hydrogen-bond donors (Lipinski definition) is 1. The van der Waals surface area contributed by atoms with Crippen molar-refractivity contribution in [2.75, 3.05) is 0 Å². The molecule has 0 aliphatic heterocycles. The molecule has 0 spiro atoms. The summed E-state index contributed by atoms with van der Waals surface area (Å²) in [6.07, 6.45) is 0.721. The average molecular weight is 294 g/mol. The second-order valence-electron chi connectivity index (χ2n) is 4.04.